The first-order chi connectivity index (χ1) is 3.41. The van der Waals surface area contributed by atoms with E-state index in [2.05, 4.69) is 6.92 Å². The van der Waals surface area contributed by atoms with Gasteiger partial charge in [-0.05, 0) is 6.92 Å². The Morgan fingerprint density at radius 2 is 2.43 bits per heavy atom. The van der Waals surface area contributed by atoms with Gasteiger partial charge in [0.25, 0.3) is 0 Å². The van der Waals surface area contributed by atoms with Crippen LogP contribution < -0.4 is 0 Å². The first kappa shape index (κ1) is 7.38. The van der Waals surface area contributed by atoms with E-state index in [1.54, 1.807) is 17.8 Å². The summed E-state index contributed by atoms with van der Waals surface area (Å²) >= 11 is 7.02. The standard InChI is InChI=1S/C5H8ClS/c1-2-3-4-7-5-6/h2-3H,1,4-5H2. The molecule has 0 fully saturated rings. The molecule has 2 heteroatoms. The number of halogens is 1. The molecule has 1 radical (unpaired) electrons. The van der Waals surface area contributed by atoms with Crippen LogP contribution in [-0.4, -0.2) is 11.0 Å². The first-order valence-electron chi connectivity index (χ1n) is 1.99. The Morgan fingerprint density at radius 1 is 1.71 bits per heavy atom. The molecule has 0 aromatic heterocycles. The third-order valence-corrected chi connectivity index (χ3v) is 1.50. The van der Waals surface area contributed by atoms with Crippen molar-refractivity contribution in [2.75, 3.05) is 11.0 Å². The van der Waals surface area contributed by atoms with Crippen molar-refractivity contribution >= 4 is 23.4 Å². The zero-order valence-electron chi connectivity index (χ0n) is 4.06. The van der Waals surface area contributed by atoms with Gasteiger partial charge < -0.3 is 0 Å². The molecule has 0 aliphatic carbocycles. The van der Waals surface area contributed by atoms with Crippen LogP contribution in [-0.2, 0) is 0 Å². The van der Waals surface area contributed by atoms with Gasteiger partial charge in [-0.25, -0.2) is 0 Å². The summed E-state index contributed by atoms with van der Waals surface area (Å²) in [5, 5.41) is 0.671. The Balaban J connectivity index is 2.69. The molecule has 0 spiro atoms. The molecule has 0 rings (SSSR count). The van der Waals surface area contributed by atoms with Gasteiger partial charge in [0.2, 0.25) is 0 Å². The summed E-state index contributed by atoms with van der Waals surface area (Å²) in [6.07, 6.45) is 3.76. The van der Waals surface area contributed by atoms with Gasteiger partial charge in [0.15, 0.2) is 0 Å². The monoisotopic (exact) mass is 135 g/mol. The third-order valence-electron chi connectivity index (χ3n) is 0.458. The number of allylic oxidation sites excluding steroid dienone is 1. The topological polar surface area (TPSA) is 0 Å². The molecular weight excluding hydrogens is 128 g/mol. The predicted molar refractivity (Wildman–Crippen MR) is 37.7 cm³/mol. The number of hydrogen-bond donors (Lipinski definition) is 0. The minimum Gasteiger partial charge on any atom is -0.142 e. The second-order valence-corrected chi connectivity index (χ2v) is 2.57. The van der Waals surface area contributed by atoms with Crippen molar-refractivity contribution in [3.05, 3.63) is 19.1 Å². The van der Waals surface area contributed by atoms with Gasteiger partial charge in [0, 0.05) is 5.75 Å². The summed E-state index contributed by atoms with van der Waals surface area (Å²) in [5.74, 6) is 0.979. The van der Waals surface area contributed by atoms with E-state index in [1.165, 1.54) is 0 Å². The van der Waals surface area contributed by atoms with Crippen LogP contribution in [0.4, 0.5) is 0 Å². The van der Waals surface area contributed by atoms with E-state index in [4.69, 9.17) is 11.6 Å². The third kappa shape index (κ3) is 6.38. The average molecular weight is 136 g/mol. The first-order valence-corrected chi connectivity index (χ1v) is 3.68. The zero-order chi connectivity index (χ0) is 5.54. The smallest absolute Gasteiger partial charge is 0.0683 e. The van der Waals surface area contributed by atoms with E-state index in [0.29, 0.717) is 5.21 Å². The Hall–Kier alpha value is 0.380. The molecule has 0 amide bonds. The lowest BCUT2D eigenvalue weighted by Crippen LogP contribution is -1.66. The Bertz CT molecular complexity index is 52.0. The van der Waals surface area contributed by atoms with E-state index in [1.807, 2.05) is 6.08 Å². The van der Waals surface area contributed by atoms with Crippen LogP contribution >= 0.6 is 23.4 Å². The highest BCUT2D eigenvalue weighted by molar-refractivity contribution is 8.00. The van der Waals surface area contributed by atoms with Crippen LogP contribution in [0.2, 0.25) is 0 Å². The number of hydrogen-bond acceptors (Lipinski definition) is 1. The molecule has 0 aliphatic heterocycles. The van der Waals surface area contributed by atoms with Gasteiger partial charge in [-0.3, -0.25) is 0 Å². The van der Waals surface area contributed by atoms with Gasteiger partial charge >= 0.3 is 0 Å². The van der Waals surface area contributed by atoms with Crippen molar-refractivity contribution in [2.24, 2.45) is 0 Å². The molecule has 0 saturated carbocycles. The van der Waals surface area contributed by atoms with Crippen LogP contribution in [0, 0.1) is 6.92 Å². The molecule has 0 unspecified atom stereocenters. The minimum atomic E-state index is 0.671. The van der Waals surface area contributed by atoms with Crippen LogP contribution in [0.5, 0.6) is 0 Å². The van der Waals surface area contributed by atoms with Gasteiger partial charge in [0.05, 0.1) is 5.21 Å². The van der Waals surface area contributed by atoms with Crippen molar-refractivity contribution < 1.29 is 0 Å². The summed E-state index contributed by atoms with van der Waals surface area (Å²) in [4.78, 5) is 0. The highest BCUT2D eigenvalue weighted by atomic mass is 35.5. The van der Waals surface area contributed by atoms with Gasteiger partial charge in [-0.15, -0.1) is 23.4 Å². The fraction of sp³-hybridized carbons (Fsp3) is 0.400. The van der Waals surface area contributed by atoms with E-state index < -0.39 is 0 Å². The number of alkyl halides is 1. The van der Waals surface area contributed by atoms with Gasteiger partial charge in [-0.2, -0.15) is 0 Å². The van der Waals surface area contributed by atoms with Crippen molar-refractivity contribution in [2.45, 2.75) is 0 Å². The number of thioether (sulfide) groups is 1. The molecule has 0 N–H and O–H groups in total. The summed E-state index contributed by atoms with van der Waals surface area (Å²) in [7, 11) is 0. The molecule has 0 aliphatic rings. The van der Waals surface area contributed by atoms with E-state index in [9.17, 15) is 0 Å². The lowest BCUT2D eigenvalue weighted by molar-refractivity contribution is 1.76. The molecule has 0 bridgehead atoms. The molecule has 0 saturated heterocycles. The van der Waals surface area contributed by atoms with Crippen LogP contribution in [0.25, 0.3) is 0 Å². The molecule has 7 heavy (non-hydrogen) atoms. The summed E-state index contributed by atoms with van der Waals surface area (Å²) in [6.45, 7) is 3.52. The molecule has 0 aromatic carbocycles. The van der Waals surface area contributed by atoms with Crippen LogP contribution in [0.15, 0.2) is 12.2 Å². The average Bonchev–Trinajstić information content (AvgIpc) is 1.69. The quantitative estimate of drug-likeness (QED) is 0.423. The fourth-order valence-corrected chi connectivity index (χ4v) is 0.809. The van der Waals surface area contributed by atoms with E-state index in [0.717, 1.165) is 5.75 Å². The van der Waals surface area contributed by atoms with Crippen molar-refractivity contribution in [1.82, 2.24) is 0 Å². The maximum absolute atomic E-state index is 5.35. The maximum Gasteiger partial charge on any atom is 0.0683 e. The SMILES string of the molecule is [CH2]C=CCSCCl. The lowest BCUT2D eigenvalue weighted by atomic mass is 10.6. The maximum atomic E-state index is 5.35. The molecule has 41 valence electrons. The summed E-state index contributed by atoms with van der Waals surface area (Å²) in [6, 6.07) is 0. The second kappa shape index (κ2) is 6.38. The largest absolute Gasteiger partial charge is 0.142 e. The molecule has 0 nitrogen and oxygen atoms in total. The Kier molecular flexibility index (Phi) is 6.73. The molecule has 0 atom stereocenters. The van der Waals surface area contributed by atoms with Crippen molar-refractivity contribution in [3.63, 3.8) is 0 Å². The highest BCUT2D eigenvalue weighted by Crippen LogP contribution is 2.00. The summed E-state index contributed by atoms with van der Waals surface area (Å²) < 4.78 is 0. The highest BCUT2D eigenvalue weighted by Gasteiger charge is 1.74. The second-order valence-electron chi connectivity index (χ2n) is 0.951. The zero-order valence-corrected chi connectivity index (χ0v) is 5.63. The number of rotatable bonds is 3. The minimum absolute atomic E-state index is 0.671. The van der Waals surface area contributed by atoms with Crippen LogP contribution in [0.1, 0.15) is 0 Å². The Labute approximate surface area is 53.9 Å². The molecular formula is C5H8ClS. The lowest BCUT2D eigenvalue weighted by Gasteiger charge is -1.83. The van der Waals surface area contributed by atoms with E-state index in [-0.39, 0.29) is 0 Å². The van der Waals surface area contributed by atoms with Crippen molar-refractivity contribution in [1.29, 1.82) is 0 Å². The summed E-state index contributed by atoms with van der Waals surface area (Å²) in [5.41, 5.74) is 0. The van der Waals surface area contributed by atoms with Crippen molar-refractivity contribution in [3.8, 4) is 0 Å². The van der Waals surface area contributed by atoms with E-state index >= 15 is 0 Å². The fourth-order valence-electron chi connectivity index (χ4n) is 0.181. The van der Waals surface area contributed by atoms with Gasteiger partial charge in [0.1, 0.15) is 0 Å². The normalized spacial score (nSPS) is 10.6. The Morgan fingerprint density at radius 3 is 2.86 bits per heavy atom. The molecule has 0 heterocycles. The predicted octanol–water partition coefficient (Wildman–Crippen LogP) is 2.31. The molecule has 0 aromatic rings. The van der Waals surface area contributed by atoms with Crippen LogP contribution in [0.3, 0.4) is 0 Å². The van der Waals surface area contributed by atoms with Gasteiger partial charge in [-0.1, -0.05) is 12.2 Å².